The lowest BCUT2D eigenvalue weighted by Gasteiger charge is -2.46. The van der Waals surface area contributed by atoms with E-state index in [4.69, 9.17) is 12.2 Å². The molecule has 1 rings (SSSR count). The summed E-state index contributed by atoms with van der Waals surface area (Å²) in [5, 5.41) is 6.88. The number of rotatable bonds is 1. The molecule has 1 heterocycles. The molecular weight excluding hydrogens is 212 g/mol. The van der Waals surface area contributed by atoms with E-state index >= 15 is 0 Å². The average Bonchev–Trinajstić information content (AvgIpc) is 1.74. The van der Waals surface area contributed by atoms with Gasteiger partial charge in [-0.15, -0.1) is 12.6 Å². The molecule has 4 heteroatoms. The molecule has 0 saturated carbocycles. The second-order valence-corrected chi connectivity index (χ2v) is 6.61. The largest absolute Gasteiger partial charge is 0.368 e. The summed E-state index contributed by atoms with van der Waals surface area (Å²) in [5.74, 6) is 0. The topological polar surface area (TPSA) is 24.1 Å². The highest BCUT2D eigenvalue weighted by atomic mass is 32.1. The van der Waals surface area contributed by atoms with E-state index in [1.165, 1.54) is 0 Å². The first-order chi connectivity index (χ1) is 6.20. The van der Waals surface area contributed by atoms with Gasteiger partial charge < -0.3 is 10.6 Å². The van der Waals surface area contributed by atoms with Crippen LogP contribution in [0.1, 0.15) is 40.5 Å². The van der Waals surface area contributed by atoms with Crippen molar-refractivity contribution in [2.45, 2.75) is 57.7 Å². The Balaban J connectivity index is 2.66. The van der Waals surface area contributed by atoms with Crippen LogP contribution in [0.25, 0.3) is 0 Å². The summed E-state index contributed by atoms with van der Waals surface area (Å²) >= 11 is 9.08. The minimum absolute atomic E-state index is 0.165. The number of thiocarbonyl (C=S) groups is 1. The molecule has 1 fully saturated rings. The van der Waals surface area contributed by atoms with Gasteiger partial charge in [0.25, 0.3) is 0 Å². The van der Waals surface area contributed by atoms with E-state index < -0.39 is 0 Å². The van der Waals surface area contributed by atoms with Crippen LogP contribution >= 0.6 is 24.8 Å². The molecule has 0 aromatic heterocycles. The number of hydrogen-bond donors (Lipinski definition) is 3. The summed E-state index contributed by atoms with van der Waals surface area (Å²) in [4.78, 5) is 0. The Hall–Kier alpha value is 0.200. The van der Waals surface area contributed by atoms with Crippen molar-refractivity contribution < 1.29 is 0 Å². The molecule has 0 aromatic rings. The molecule has 0 radical (unpaired) electrons. The minimum Gasteiger partial charge on any atom is -0.368 e. The quantitative estimate of drug-likeness (QED) is 0.477. The van der Waals surface area contributed by atoms with Crippen LogP contribution < -0.4 is 10.6 Å². The van der Waals surface area contributed by atoms with E-state index in [2.05, 4.69) is 51.0 Å². The van der Waals surface area contributed by atoms with Gasteiger partial charge in [-0.05, 0) is 40.5 Å². The van der Waals surface area contributed by atoms with Gasteiger partial charge in [-0.25, -0.2) is 0 Å². The minimum atomic E-state index is 0.165. The molecule has 1 aliphatic heterocycles. The van der Waals surface area contributed by atoms with Crippen molar-refractivity contribution in [2.75, 3.05) is 0 Å². The second kappa shape index (κ2) is 3.99. The molecule has 0 amide bonds. The number of thiol groups is 1. The average molecular weight is 232 g/mol. The fourth-order valence-electron chi connectivity index (χ4n) is 2.60. The van der Waals surface area contributed by atoms with E-state index in [0.29, 0.717) is 10.4 Å². The van der Waals surface area contributed by atoms with Gasteiger partial charge in [0.05, 0.1) is 0 Å². The van der Waals surface area contributed by atoms with Crippen molar-refractivity contribution in [2.24, 2.45) is 0 Å². The van der Waals surface area contributed by atoms with Crippen LogP contribution in [-0.4, -0.2) is 21.4 Å². The van der Waals surface area contributed by atoms with Gasteiger partial charge in [0.15, 0.2) is 0 Å². The maximum absolute atomic E-state index is 4.96. The highest BCUT2D eigenvalue weighted by Crippen LogP contribution is 2.28. The van der Waals surface area contributed by atoms with Crippen LogP contribution in [0.15, 0.2) is 0 Å². The summed E-state index contributed by atoms with van der Waals surface area (Å²) in [6.07, 6.45) is 2.16. The van der Waals surface area contributed by atoms with E-state index in [-0.39, 0.29) is 11.1 Å². The zero-order valence-electron chi connectivity index (χ0n) is 9.35. The van der Waals surface area contributed by atoms with Gasteiger partial charge in [-0.3, -0.25) is 0 Å². The lowest BCUT2D eigenvalue weighted by molar-refractivity contribution is 0.156. The Morgan fingerprint density at radius 2 is 1.71 bits per heavy atom. The van der Waals surface area contributed by atoms with E-state index in [9.17, 15) is 0 Å². The summed E-state index contributed by atoms with van der Waals surface area (Å²) in [5.41, 5.74) is 0.329. The van der Waals surface area contributed by atoms with Crippen molar-refractivity contribution >= 4 is 29.2 Å². The summed E-state index contributed by atoms with van der Waals surface area (Å²) in [7, 11) is 0. The standard InChI is InChI=1S/C10H20N2S2/c1-9(2)5-7(11-8(13)14)6-10(3,4)12-9/h7,12H,5-6H2,1-4H3,(H2,11,13,14). The van der Waals surface area contributed by atoms with Gasteiger partial charge in [0, 0.05) is 17.1 Å². The number of hydrogen-bond acceptors (Lipinski definition) is 2. The molecule has 0 unspecified atom stereocenters. The summed E-state index contributed by atoms with van der Waals surface area (Å²) in [6.45, 7) is 8.91. The SMILES string of the molecule is CC1(C)CC(NC(=S)S)CC(C)(C)N1. The fourth-order valence-corrected chi connectivity index (χ4v) is 2.95. The molecule has 14 heavy (non-hydrogen) atoms. The van der Waals surface area contributed by atoms with Crippen LogP contribution in [0, 0.1) is 0 Å². The van der Waals surface area contributed by atoms with Gasteiger partial charge in [-0.1, -0.05) is 12.2 Å². The fraction of sp³-hybridized carbons (Fsp3) is 0.900. The maximum atomic E-state index is 4.96. The Morgan fingerprint density at radius 3 is 2.07 bits per heavy atom. The summed E-state index contributed by atoms with van der Waals surface area (Å²) in [6, 6.07) is 0.436. The smallest absolute Gasteiger partial charge is 0.130 e. The van der Waals surface area contributed by atoms with Crippen molar-refractivity contribution in [1.82, 2.24) is 10.6 Å². The Bertz CT molecular complexity index is 220. The molecule has 82 valence electrons. The normalized spacial score (nSPS) is 25.8. The van der Waals surface area contributed by atoms with Crippen molar-refractivity contribution in [3.63, 3.8) is 0 Å². The van der Waals surface area contributed by atoms with Gasteiger partial charge in [-0.2, -0.15) is 0 Å². The lowest BCUT2D eigenvalue weighted by atomic mass is 9.80. The summed E-state index contributed by atoms with van der Waals surface area (Å²) < 4.78 is 0.600. The zero-order valence-corrected chi connectivity index (χ0v) is 11.1. The van der Waals surface area contributed by atoms with Crippen molar-refractivity contribution in [3.05, 3.63) is 0 Å². The maximum Gasteiger partial charge on any atom is 0.130 e. The van der Waals surface area contributed by atoms with Gasteiger partial charge in [0.2, 0.25) is 0 Å². The predicted molar refractivity (Wildman–Crippen MR) is 69.0 cm³/mol. The number of nitrogens with one attached hydrogen (secondary N) is 2. The molecule has 0 aliphatic carbocycles. The third-order valence-corrected chi connectivity index (χ3v) is 2.76. The number of piperidine rings is 1. The van der Waals surface area contributed by atoms with E-state index in [1.54, 1.807) is 0 Å². The molecule has 2 nitrogen and oxygen atoms in total. The monoisotopic (exact) mass is 232 g/mol. The Labute approximate surface area is 97.6 Å². The van der Waals surface area contributed by atoms with E-state index in [1.807, 2.05) is 0 Å². The van der Waals surface area contributed by atoms with Crippen LogP contribution in [0.5, 0.6) is 0 Å². The highest BCUT2D eigenvalue weighted by molar-refractivity contribution is 8.11. The molecule has 0 spiro atoms. The van der Waals surface area contributed by atoms with E-state index in [0.717, 1.165) is 12.8 Å². The van der Waals surface area contributed by atoms with Crippen LogP contribution in [-0.2, 0) is 0 Å². The van der Waals surface area contributed by atoms with Crippen molar-refractivity contribution in [3.8, 4) is 0 Å². The highest BCUT2D eigenvalue weighted by Gasteiger charge is 2.37. The first-order valence-electron chi connectivity index (χ1n) is 4.99. The third-order valence-electron chi connectivity index (χ3n) is 2.52. The first-order valence-corrected chi connectivity index (χ1v) is 5.85. The van der Waals surface area contributed by atoms with Gasteiger partial charge >= 0.3 is 0 Å². The molecular formula is C10H20N2S2. The predicted octanol–water partition coefficient (Wildman–Crippen LogP) is 2.10. The van der Waals surface area contributed by atoms with Crippen LogP contribution in [0.2, 0.25) is 0 Å². The molecule has 0 bridgehead atoms. The lowest BCUT2D eigenvalue weighted by Crippen LogP contribution is -2.61. The molecule has 0 atom stereocenters. The van der Waals surface area contributed by atoms with Crippen LogP contribution in [0.3, 0.4) is 0 Å². The van der Waals surface area contributed by atoms with Gasteiger partial charge in [0.1, 0.15) is 4.32 Å². The zero-order chi connectivity index (χ0) is 11.0. The molecule has 0 aromatic carbocycles. The first kappa shape index (κ1) is 12.3. The van der Waals surface area contributed by atoms with Crippen LogP contribution in [0.4, 0.5) is 0 Å². The third kappa shape index (κ3) is 3.75. The Morgan fingerprint density at radius 1 is 1.29 bits per heavy atom. The molecule has 2 N–H and O–H groups in total. The van der Waals surface area contributed by atoms with Crippen molar-refractivity contribution in [1.29, 1.82) is 0 Å². The second-order valence-electron chi connectivity index (χ2n) is 5.45. The molecule has 1 aliphatic rings. The Kier molecular flexibility index (Phi) is 3.49. The molecule has 1 saturated heterocycles.